The molecule has 2 fully saturated rings. The first-order chi connectivity index (χ1) is 11.8. The van der Waals surface area contributed by atoms with Crippen molar-refractivity contribution in [3.63, 3.8) is 0 Å². The zero-order valence-electron chi connectivity index (χ0n) is 14.8. The molecule has 7 heteroatoms. The lowest BCUT2D eigenvalue weighted by molar-refractivity contribution is -0.138. The number of hydrogen-bond acceptors (Lipinski definition) is 5. The van der Waals surface area contributed by atoms with Gasteiger partial charge in [0, 0.05) is 31.6 Å². The molecule has 1 amide bonds. The Morgan fingerprint density at radius 2 is 2.16 bits per heavy atom. The SMILES string of the molecule is CC(C)CC(=O)N1CC2(C1)C(COCc1ccccn1)CCS2(=O)=O. The summed E-state index contributed by atoms with van der Waals surface area (Å²) in [4.78, 5) is 18.1. The Labute approximate surface area is 149 Å². The molecule has 1 atom stereocenters. The predicted molar refractivity (Wildman–Crippen MR) is 94.6 cm³/mol. The molecule has 1 aromatic heterocycles. The number of hydrogen-bond donors (Lipinski definition) is 0. The first-order valence-corrected chi connectivity index (χ1v) is 10.5. The number of amides is 1. The molecule has 2 saturated heterocycles. The highest BCUT2D eigenvalue weighted by Crippen LogP contribution is 2.45. The number of pyridine rings is 1. The van der Waals surface area contributed by atoms with Gasteiger partial charge in [-0.2, -0.15) is 0 Å². The fourth-order valence-corrected chi connectivity index (χ4v) is 6.15. The van der Waals surface area contributed by atoms with Gasteiger partial charge in [-0.1, -0.05) is 19.9 Å². The van der Waals surface area contributed by atoms with Crippen molar-refractivity contribution < 1.29 is 17.9 Å². The van der Waals surface area contributed by atoms with Crippen molar-refractivity contribution >= 4 is 15.7 Å². The predicted octanol–water partition coefficient (Wildman–Crippen LogP) is 1.66. The molecule has 2 aliphatic rings. The van der Waals surface area contributed by atoms with Gasteiger partial charge in [0.2, 0.25) is 5.91 Å². The molecule has 0 aliphatic carbocycles. The lowest BCUT2D eigenvalue weighted by Gasteiger charge is -2.50. The van der Waals surface area contributed by atoms with Crippen molar-refractivity contribution in [2.24, 2.45) is 11.8 Å². The number of aromatic nitrogens is 1. The van der Waals surface area contributed by atoms with E-state index in [0.717, 1.165) is 5.69 Å². The van der Waals surface area contributed by atoms with Crippen LogP contribution in [0.2, 0.25) is 0 Å². The first-order valence-electron chi connectivity index (χ1n) is 8.82. The van der Waals surface area contributed by atoms with Gasteiger partial charge in [0.1, 0.15) is 4.75 Å². The Kier molecular flexibility index (Phi) is 5.16. The van der Waals surface area contributed by atoms with Gasteiger partial charge < -0.3 is 9.64 Å². The van der Waals surface area contributed by atoms with Crippen LogP contribution in [0.1, 0.15) is 32.4 Å². The second-order valence-electron chi connectivity index (χ2n) is 7.55. The van der Waals surface area contributed by atoms with Crippen LogP contribution in [0.5, 0.6) is 0 Å². The highest BCUT2D eigenvalue weighted by Gasteiger charge is 2.62. The summed E-state index contributed by atoms with van der Waals surface area (Å²) < 4.78 is 30.1. The van der Waals surface area contributed by atoms with Crippen molar-refractivity contribution in [2.75, 3.05) is 25.4 Å². The average molecular weight is 366 g/mol. The monoisotopic (exact) mass is 366 g/mol. The molecule has 0 radical (unpaired) electrons. The van der Waals surface area contributed by atoms with Crippen LogP contribution in [0.3, 0.4) is 0 Å². The van der Waals surface area contributed by atoms with Gasteiger partial charge in [0.05, 0.1) is 24.7 Å². The van der Waals surface area contributed by atoms with Gasteiger partial charge >= 0.3 is 0 Å². The Morgan fingerprint density at radius 1 is 1.40 bits per heavy atom. The minimum absolute atomic E-state index is 0.0516. The maximum absolute atomic E-state index is 12.6. The van der Waals surface area contributed by atoms with E-state index >= 15 is 0 Å². The topological polar surface area (TPSA) is 76.6 Å². The Bertz CT molecular complexity index is 712. The van der Waals surface area contributed by atoms with E-state index < -0.39 is 14.6 Å². The summed E-state index contributed by atoms with van der Waals surface area (Å²) in [6, 6.07) is 5.63. The number of likely N-dealkylation sites (tertiary alicyclic amines) is 1. The van der Waals surface area contributed by atoms with Gasteiger partial charge in [-0.05, 0) is 24.5 Å². The second kappa shape index (κ2) is 7.03. The highest BCUT2D eigenvalue weighted by atomic mass is 32.2. The van der Waals surface area contributed by atoms with Crippen LogP contribution in [0, 0.1) is 11.8 Å². The molecule has 138 valence electrons. The third kappa shape index (κ3) is 3.58. The molecule has 1 aromatic rings. The molecule has 0 saturated carbocycles. The molecular formula is C18H26N2O4S. The molecule has 1 spiro atoms. The van der Waals surface area contributed by atoms with Crippen molar-refractivity contribution in [1.29, 1.82) is 0 Å². The standard InChI is InChI=1S/C18H26N2O4S/c1-14(2)9-17(21)20-12-18(13-20)15(6-8-25(18,22)23)10-24-11-16-5-3-4-7-19-16/h3-5,7,14-15H,6,8-13H2,1-2H3. The fraction of sp³-hybridized carbons (Fsp3) is 0.667. The van der Waals surface area contributed by atoms with Crippen molar-refractivity contribution in [1.82, 2.24) is 9.88 Å². The van der Waals surface area contributed by atoms with E-state index in [0.29, 0.717) is 39.1 Å². The van der Waals surface area contributed by atoms with E-state index in [1.807, 2.05) is 32.0 Å². The first kappa shape index (κ1) is 18.3. The smallest absolute Gasteiger partial charge is 0.222 e. The molecule has 1 unspecified atom stereocenters. The van der Waals surface area contributed by atoms with Gasteiger partial charge in [-0.15, -0.1) is 0 Å². The Morgan fingerprint density at radius 3 is 2.80 bits per heavy atom. The number of sulfone groups is 1. The van der Waals surface area contributed by atoms with Crippen LogP contribution in [0.4, 0.5) is 0 Å². The van der Waals surface area contributed by atoms with Crippen LogP contribution < -0.4 is 0 Å². The zero-order chi connectivity index (χ0) is 18.1. The third-order valence-corrected chi connectivity index (χ3v) is 7.85. The summed E-state index contributed by atoms with van der Waals surface area (Å²) in [5, 5.41) is 0. The van der Waals surface area contributed by atoms with Crippen molar-refractivity contribution in [2.45, 2.75) is 38.0 Å². The van der Waals surface area contributed by atoms with Crippen LogP contribution in [-0.4, -0.2) is 54.4 Å². The maximum Gasteiger partial charge on any atom is 0.222 e. The summed E-state index contributed by atoms with van der Waals surface area (Å²) in [5.41, 5.74) is 0.833. The van der Waals surface area contributed by atoms with Crippen LogP contribution in [-0.2, 0) is 26.0 Å². The van der Waals surface area contributed by atoms with Crippen molar-refractivity contribution in [3.8, 4) is 0 Å². The minimum atomic E-state index is -3.18. The minimum Gasteiger partial charge on any atom is -0.375 e. The van der Waals surface area contributed by atoms with E-state index in [1.165, 1.54) is 0 Å². The summed E-state index contributed by atoms with van der Waals surface area (Å²) in [7, 11) is -3.18. The number of carbonyl (C=O) groups excluding carboxylic acids is 1. The van der Waals surface area contributed by atoms with E-state index in [9.17, 15) is 13.2 Å². The molecule has 0 N–H and O–H groups in total. The summed E-state index contributed by atoms with van der Waals surface area (Å²) in [6.45, 7) is 5.39. The molecule has 3 heterocycles. The van der Waals surface area contributed by atoms with Crippen LogP contribution in [0.25, 0.3) is 0 Å². The lowest BCUT2D eigenvalue weighted by Crippen LogP contribution is -2.68. The molecule has 25 heavy (non-hydrogen) atoms. The number of ether oxygens (including phenoxy) is 1. The van der Waals surface area contributed by atoms with E-state index in [1.54, 1.807) is 11.1 Å². The second-order valence-corrected chi connectivity index (χ2v) is 10.0. The van der Waals surface area contributed by atoms with Crippen LogP contribution >= 0.6 is 0 Å². The quantitative estimate of drug-likeness (QED) is 0.765. The van der Waals surface area contributed by atoms with Gasteiger partial charge in [-0.3, -0.25) is 9.78 Å². The zero-order valence-corrected chi connectivity index (χ0v) is 15.7. The average Bonchev–Trinajstić information content (AvgIpc) is 2.77. The number of nitrogens with zero attached hydrogens (tertiary/aromatic N) is 2. The molecule has 0 bridgehead atoms. The largest absolute Gasteiger partial charge is 0.375 e. The molecule has 6 nitrogen and oxygen atoms in total. The third-order valence-electron chi connectivity index (χ3n) is 5.25. The maximum atomic E-state index is 12.6. The number of carbonyl (C=O) groups is 1. The molecule has 0 aromatic carbocycles. The highest BCUT2D eigenvalue weighted by molar-refractivity contribution is 7.93. The number of rotatable bonds is 6. The van der Waals surface area contributed by atoms with E-state index in [2.05, 4.69) is 4.98 Å². The Hall–Kier alpha value is -1.47. The molecule has 2 aliphatic heterocycles. The molecular weight excluding hydrogens is 340 g/mol. The van der Waals surface area contributed by atoms with Crippen LogP contribution in [0.15, 0.2) is 24.4 Å². The van der Waals surface area contributed by atoms with Crippen molar-refractivity contribution in [3.05, 3.63) is 30.1 Å². The summed E-state index contributed by atoms with van der Waals surface area (Å²) >= 11 is 0. The van der Waals surface area contributed by atoms with E-state index in [-0.39, 0.29) is 23.5 Å². The fourth-order valence-electron chi connectivity index (χ4n) is 3.75. The normalized spacial score (nSPS) is 23.8. The lowest BCUT2D eigenvalue weighted by atomic mass is 9.83. The summed E-state index contributed by atoms with van der Waals surface area (Å²) in [5.74, 6) is 0.471. The van der Waals surface area contributed by atoms with Gasteiger partial charge in [0.25, 0.3) is 0 Å². The Balaban J connectivity index is 1.60. The van der Waals surface area contributed by atoms with Gasteiger partial charge in [-0.25, -0.2) is 8.42 Å². The van der Waals surface area contributed by atoms with Gasteiger partial charge in [0.15, 0.2) is 9.84 Å². The molecule has 3 rings (SSSR count). The van der Waals surface area contributed by atoms with E-state index in [4.69, 9.17) is 4.74 Å². The summed E-state index contributed by atoms with van der Waals surface area (Å²) in [6.07, 6.45) is 2.79.